The Morgan fingerprint density at radius 2 is 2.20 bits per heavy atom. The molecule has 0 radical (unpaired) electrons. The lowest BCUT2D eigenvalue weighted by atomic mass is 10.1. The minimum absolute atomic E-state index is 0.0374. The minimum atomic E-state index is -0.386. The van der Waals surface area contributed by atoms with Crippen molar-refractivity contribution in [3.05, 3.63) is 53.5 Å². The first-order valence-corrected chi connectivity index (χ1v) is 8.65. The molecule has 2 aromatic heterocycles. The van der Waals surface area contributed by atoms with Crippen molar-refractivity contribution in [2.24, 2.45) is 7.05 Å². The molecule has 3 aromatic rings. The van der Waals surface area contributed by atoms with Gasteiger partial charge in [0.15, 0.2) is 0 Å². The molecule has 1 atom stereocenters. The maximum absolute atomic E-state index is 12.5. The van der Waals surface area contributed by atoms with E-state index in [0.717, 1.165) is 18.4 Å². The fourth-order valence-corrected chi connectivity index (χ4v) is 3.24. The van der Waals surface area contributed by atoms with Crippen LogP contribution >= 0.6 is 0 Å². The van der Waals surface area contributed by atoms with Crippen LogP contribution in [0.3, 0.4) is 0 Å². The van der Waals surface area contributed by atoms with Gasteiger partial charge in [0.25, 0.3) is 0 Å². The van der Waals surface area contributed by atoms with Crippen LogP contribution in [0.1, 0.15) is 29.7 Å². The Hall–Kier alpha value is -2.60. The van der Waals surface area contributed by atoms with E-state index in [-0.39, 0.29) is 11.9 Å². The average molecular weight is 339 g/mol. The topological polar surface area (TPSA) is 74.7 Å². The fraction of sp³-hybridized carbons (Fsp3) is 0.368. The third-order valence-electron chi connectivity index (χ3n) is 4.57. The Morgan fingerprint density at radius 3 is 2.88 bits per heavy atom. The molecule has 0 aliphatic carbocycles. The van der Waals surface area contributed by atoms with Crippen molar-refractivity contribution < 1.29 is 4.79 Å². The van der Waals surface area contributed by atoms with Crippen LogP contribution in [0.5, 0.6) is 0 Å². The first-order valence-electron chi connectivity index (χ1n) is 8.65. The second kappa shape index (κ2) is 7.53. The van der Waals surface area contributed by atoms with Crippen molar-refractivity contribution in [3.8, 4) is 0 Å². The normalized spacial score (nSPS) is 12.4. The zero-order valence-electron chi connectivity index (χ0n) is 15.0. The van der Waals surface area contributed by atoms with E-state index < -0.39 is 0 Å². The number of carbonyl (C=O) groups excluding carboxylic acids is 1. The van der Waals surface area contributed by atoms with E-state index in [0.29, 0.717) is 6.54 Å². The highest BCUT2D eigenvalue weighted by Crippen LogP contribution is 2.22. The van der Waals surface area contributed by atoms with E-state index >= 15 is 0 Å². The third kappa shape index (κ3) is 3.58. The quantitative estimate of drug-likeness (QED) is 0.617. The van der Waals surface area contributed by atoms with Gasteiger partial charge in [-0.15, -0.1) is 0 Å². The Labute approximate surface area is 147 Å². The number of nitrogens with one attached hydrogen (secondary N) is 3. The van der Waals surface area contributed by atoms with Gasteiger partial charge in [0, 0.05) is 42.5 Å². The van der Waals surface area contributed by atoms with Gasteiger partial charge in [0.1, 0.15) is 6.04 Å². The minimum Gasteiger partial charge on any atom is -0.361 e. The number of likely N-dealkylation sites (N-methyl/N-ethyl adjacent to an activating group) is 1. The van der Waals surface area contributed by atoms with Crippen molar-refractivity contribution >= 4 is 16.8 Å². The van der Waals surface area contributed by atoms with Crippen LogP contribution < -0.4 is 10.6 Å². The van der Waals surface area contributed by atoms with Gasteiger partial charge in [-0.1, -0.05) is 25.1 Å². The predicted octanol–water partition coefficient (Wildman–Crippen LogP) is 2.08. The molecule has 3 rings (SSSR count). The smallest absolute Gasteiger partial charge is 0.241 e. The fourth-order valence-electron chi connectivity index (χ4n) is 3.24. The lowest BCUT2D eigenvalue weighted by Gasteiger charge is -2.14. The van der Waals surface area contributed by atoms with E-state index in [2.05, 4.69) is 45.8 Å². The molecule has 25 heavy (non-hydrogen) atoms. The molecule has 1 amide bonds. The molecule has 0 fully saturated rings. The monoisotopic (exact) mass is 339 g/mol. The van der Waals surface area contributed by atoms with E-state index in [4.69, 9.17) is 0 Å². The van der Waals surface area contributed by atoms with Gasteiger partial charge in [-0.3, -0.25) is 9.48 Å². The number of fused-ring (bicyclic) bond motifs is 1. The van der Waals surface area contributed by atoms with Gasteiger partial charge in [0.05, 0.1) is 6.20 Å². The molecule has 6 nitrogen and oxygen atoms in total. The van der Waals surface area contributed by atoms with E-state index in [1.807, 2.05) is 19.4 Å². The van der Waals surface area contributed by atoms with Gasteiger partial charge in [-0.05, 0) is 31.0 Å². The largest absolute Gasteiger partial charge is 0.361 e. The molecule has 1 aromatic carbocycles. The van der Waals surface area contributed by atoms with Crippen molar-refractivity contribution in [1.82, 2.24) is 25.4 Å². The van der Waals surface area contributed by atoms with Crippen molar-refractivity contribution in [2.45, 2.75) is 25.8 Å². The Morgan fingerprint density at radius 1 is 1.36 bits per heavy atom. The van der Waals surface area contributed by atoms with Crippen molar-refractivity contribution in [3.63, 3.8) is 0 Å². The SMILES string of the molecule is CCc1cccc2c(CCNC(=O)C(NC)c3cnn(C)c3)c[nH]c12. The van der Waals surface area contributed by atoms with Crippen molar-refractivity contribution in [2.75, 3.05) is 13.6 Å². The number of nitrogens with zero attached hydrogens (tertiary/aromatic N) is 2. The Kier molecular flexibility index (Phi) is 5.19. The summed E-state index contributed by atoms with van der Waals surface area (Å²) in [4.78, 5) is 15.8. The summed E-state index contributed by atoms with van der Waals surface area (Å²) in [6.07, 6.45) is 7.41. The van der Waals surface area contributed by atoms with Crippen LogP contribution in [0, 0.1) is 0 Å². The standard InChI is InChI=1S/C19H25N5O/c1-4-13-6-5-7-16-14(10-22-17(13)16)8-9-21-19(25)18(20-2)15-11-23-24(3)12-15/h5-7,10-12,18,20,22H,4,8-9H2,1-3H3,(H,21,25). The number of amides is 1. The summed E-state index contributed by atoms with van der Waals surface area (Å²) >= 11 is 0. The number of hydrogen-bond acceptors (Lipinski definition) is 3. The number of H-pyrrole nitrogens is 1. The Bertz CT molecular complexity index is 864. The van der Waals surface area contributed by atoms with Crippen LogP contribution in [0.25, 0.3) is 10.9 Å². The number of benzene rings is 1. The first-order chi connectivity index (χ1) is 12.1. The average Bonchev–Trinajstić information content (AvgIpc) is 3.22. The Balaban J connectivity index is 1.63. The van der Waals surface area contributed by atoms with Crippen LogP contribution in [-0.4, -0.2) is 34.3 Å². The number of aromatic amines is 1. The number of para-hydroxylation sites is 1. The van der Waals surface area contributed by atoms with Gasteiger partial charge in [0.2, 0.25) is 5.91 Å². The van der Waals surface area contributed by atoms with E-state index in [1.165, 1.54) is 22.0 Å². The highest BCUT2D eigenvalue weighted by Gasteiger charge is 2.19. The number of aryl methyl sites for hydroxylation is 2. The highest BCUT2D eigenvalue weighted by molar-refractivity contribution is 5.86. The van der Waals surface area contributed by atoms with Gasteiger partial charge < -0.3 is 15.6 Å². The lowest BCUT2D eigenvalue weighted by Crippen LogP contribution is -2.36. The zero-order chi connectivity index (χ0) is 17.8. The summed E-state index contributed by atoms with van der Waals surface area (Å²) in [5.41, 5.74) is 4.62. The molecule has 0 saturated carbocycles. The predicted molar refractivity (Wildman–Crippen MR) is 99.4 cm³/mol. The lowest BCUT2D eigenvalue weighted by molar-refractivity contribution is -0.123. The molecule has 3 N–H and O–H groups in total. The third-order valence-corrected chi connectivity index (χ3v) is 4.57. The molecule has 0 aliphatic heterocycles. The highest BCUT2D eigenvalue weighted by atomic mass is 16.2. The molecule has 0 saturated heterocycles. The molecule has 6 heteroatoms. The molecule has 0 aliphatic rings. The summed E-state index contributed by atoms with van der Waals surface area (Å²) in [6, 6.07) is 5.99. The number of hydrogen-bond donors (Lipinski definition) is 3. The first kappa shape index (κ1) is 17.2. The number of carbonyl (C=O) groups is 1. The second-order valence-corrected chi connectivity index (χ2v) is 6.22. The summed E-state index contributed by atoms with van der Waals surface area (Å²) in [6.45, 7) is 2.76. The van der Waals surface area contributed by atoms with Crippen LogP contribution in [0.4, 0.5) is 0 Å². The van der Waals surface area contributed by atoms with E-state index in [9.17, 15) is 4.79 Å². The number of aromatic nitrogens is 3. The molecule has 132 valence electrons. The van der Waals surface area contributed by atoms with E-state index in [1.54, 1.807) is 17.9 Å². The van der Waals surface area contributed by atoms with Gasteiger partial charge >= 0.3 is 0 Å². The second-order valence-electron chi connectivity index (χ2n) is 6.22. The number of rotatable bonds is 7. The maximum atomic E-state index is 12.5. The molecular weight excluding hydrogens is 314 g/mol. The van der Waals surface area contributed by atoms with Gasteiger partial charge in [-0.2, -0.15) is 5.10 Å². The van der Waals surface area contributed by atoms with Crippen LogP contribution in [-0.2, 0) is 24.7 Å². The molecule has 0 spiro atoms. The summed E-state index contributed by atoms with van der Waals surface area (Å²) < 4.78 is 1.70. The summed E-state index contributed by atoms with van der Waals surface area (Å²) in [5.74, 6) is -0.0374. The molecular formula is C19H25N5O. The molecule has 1 unspecified atom stereocenters. The van der Waals surface area contributed by atoms with Crippen LogP contribution in [0.15, 0.2) is 36.8 Å². The molecule has 0 bridgehead atoms. The zero-order valence-corrected chi connectivity index (χ0v) is 15.0. The van der Waals surface area contributed by atoms with Crippen molar-refractivity contribution in [1.29, 1.82) is 0 Å². The summed E-state index contributed by atoms with van der Waals surface area (Å²) in [5, 5.41) is 11.4. The summed E-state index contributed by atoms with van der Waals surface area (Å²) in [7, 11) is 3.62. The van der Waals surface area contributed by atoms with Crippen LogP contribution in [0.2, 0.25) is 0 Å². The maximum Gasteiger partial charge on any atom is 0.241 e. The van der Waals surface area contributed by atoms with Gasteiger partial charge in [-0.25, -0.2) is 0 Å². The molecule has 2 heterocycles.